The fourth-order valence-electron chi connectivity index (χ4n) is 0.647. The summed E-state index contributed by atoms with van der Waals surface area (Å²) < 4.78 is 4.74. The highest BCUT2D eigenvalue weighted by Crippen LogP contribution is 2.02. The van der Waals surface area contributed by atoms with E-state index in [1.807, 2.05) is 0 Å². The van der Waals surface area contributed by atoms with Gasteiger partial charge in [-0.1, -0.05) is 13.8 Å². The lowest BCUT2D eigenvalue weighted by Gasteiger charge is -2.15. The highest BCUT2D eigenvalue weighted by Gasteiger charge is 2.20. The van der Waals surface area contributed by atoms with E-state index in [1.54, 1.807) is 13.8 Å². The molecule has 0 aromatic heterocycles. The molecule has 3 N–H and O–H groups in total. The molecule has 0 saturated carbocycles. The summed E-state index contributed by atoms with van der Waals surface area (Å²) in [4.78, 5) is 21.6. The van der Waals surface area contributed by atoms with E-state index in [-0.39, 0.29) is 12.5 Å². The third-order valence-corrected chi connectivity index (χ3v) is 1.89. The zero-order valence-electron chi connectivity index (χ0n) is 8.69. The molecule has 5 nitrogen and oxygen atoms in total. The van der Waals surface area contributed by atoms with Gasteiger partial charge >= 0.3 is 11.9 Å². The van der Waals surface area contributed by atoms with Crippen molar-refractivity contribution in [2.24, 2.45) is 17.6 Å². The van der Waals surface area contributed by atoms with Crippen LogP contribution in [0.3, 0.4) is 0 Å². The van der Waals surface area contributed by atoms with Gasteiger partial charge in [-0.25, -0.2) is 0 Å². The lowest BCUT2D eigenvalue weighted by molar-refractivity contribution is -0.152. The Morgan fingerprint density at radius 2 is 1.86 bits per heavy atom. The molecular formula is C9H17NO4. The number of carboxylic acid groups (broad SMARTS) is 1. The van der Waals surface area contributed by atoms with E-state index < -0.39 is 23.9 Å². The van der Waals surface area contributed by atoms with Crippen LogP contribution in [0.25, 0.3) is 0 Å². The molecule has 0 radical (unpaired) electrons. The number of hydrogen-bond donors (Lipinski definition) is 2. The first-order valence-electron chi connectivity index (χ1n) is 4.51. The van der Waals surface area contributed by atoms with Crippen molar-refractivity contribution in [3.63, 3.8) is 0 Å². The number of ether oxygens (including phenoxy) is 1. The van der Waals surface area contributed by atoms with E-state index in [4.69, 9.17) is 15.6 Å². The molecule has 1 unspecified atom stereocenters. The smallest absolute Gasteiger partial charge is 0.323 e. The van der Waals surface area contributed by atoms with Crippen LogP contribution in [0.1, 0.15) is 20.8 Å². The Bertz CT molecular complexity index is 215. The number of aliphatic carboxylic acids is 1. The molecule has 0 saturated heterocycles. The van der Waals surface area contributed by atoms with Gasteiger partial charge in [-0.3, -0.25) is 9.59 Å². The Morgan fingerprint density at radius 3 is 2.21 bits per heavy atom. The van der Waals surface area contributed by atoms with Gasteiger partial charge in [-0.2, -0.15) is 0 Å². The first-order valence-corrected chi connectivity index (χ1v) is 4.51. The largest absolute Gasteiger partial charge is 0.481 e. The van der Waals surface area contributed by atoms with Crippen LogP contribution in [-0.2, 0) is 14.3 Å². The van der Waals surface area contributed by atoms with Gasteiger partial charge in [0.15, 0.2) is 0 Å². The quantitative estimate of drug-likeness (QED) is 0.624. The van der Waals surface area contributed by atoms with Gasteiger partial charge in [0.1, 0.15) is 12.6 Å². The molecule has 82 valence electrons. The third-order valence-electron chi connectivity index (χ3n) is 1.89. The minimum atomic E-state index is -0.990. The predicted octanol–water partition coefficient (Wildman–Crippen LogP) is 0.234. The Labute approximate surface area is 83.2 Å². The van der Waals surface area contributed by atoms with Crippen molar-refractivity contribution >= 4 is 11.9 Å². The monoisotopic (exact) mass is 203 g/mol. The molecule has 0 rings (SSSR count). The number of nitrogens with two attached hydrogens (primary N) is 1. The summed E-state index contributed by atoms with van der Waals surface area (Å²) in [6.07, 6.45) is 0. The second-order valence-corrected chi connectivity index (χ2v) is 3.64. The zero-order valence-corrected chi connectivity index (χ0v) is 8.69. The Kier molecular flexibility index (Phi) is 5.15. The van der Waals surface area contributed by atoms with E-state index in [0.717, 1.165) is 0 Å². The van der Waals surface area contributed by atoms with Crippen LogP contribution >= 0.6 is 0 Å². The second-order valence-electron chi connectivity index (χ2n) is 3.64. The van der Waals surface area contributed by atoms with Crippen LogP contribution in [0.4, 0.5) is 0 Å². The summed E-state index contributed by atoms with van der Waals surface area (Å²) in [5.74, 6) is -2.25. The molecule has 0 aromatic carbocycles. The number of hydrogen-bond acceptors (Lipinski definition) is 4. The SMILES string of the molecule is CC(COC(=O)[C@@H](N)C(C)C)C(=O)O. The van der Waals surface area contributed by atoms with Gasteiger partial charge in [0.25, 0.3) is 0 Å². The van der Waals surface area contributed by atoms with E-state index in [1.165, 1.54) is 6.92 Å². The molecule has 0 aliphatic carbocycles. The van der Waals surface area contributed by atoms with Gasteiger partial charge in [0, 0.05) is 0 Å². The van der Waals surface area contributed by atoms with E-state index >= 15 is 0 Å². The maximum atomic E-state index is 11.2. The highest BCUT2D eigenvalue weighted by atomic mass is 16.5. The normalized spacial score (nSPS) is 14.9. The maximum absolute atomic E-state index is 11.2. The Morgan fingerprint density at radius 1 is 1.36 bits per heavy atom. The van der Waals surface area contributed by atoms with Crippen LogP contribution in [-0.4, -0.2) is 29.7 Å². The average Bonchev–Trinajstić information content (AvgIpc) is 2.11. The van der Waals surface area contributed by atoms with E-state index in [2.05, 4.69) is 0 Å². The van der Waals surface area contributed by atoms with E-state index in [9.17, 15) is 9.59 Å². The number of esters is 1. The molecule has 2 atom stereocenters. The van der Waals surface area contributed by atoms with Crippen LogP contribution in [0.2, 0.25) is 0 Å². The molecular weight excluding hydrogens is 186 g/mol. The summed E-state index contributed by atoms with van der Waals surface area (Å²) in [5, 5.41) is 8.52. The van der Waals surface area contributed by atoms with Crippen molar-refractivity contribution in [1.82, 2.24) is 0 Å². The van der Waals surface area contributed by atoms with Crippen molar-refractivity contribution < 1.29 is 19.4 Å². The van der Waals surface area contributed by atoms with Gasteiger partial charge in [-0.15, -0.1) is 0 Å². The van der Waals surface area contributed by atoms with Gasteiger partial charge in [0.2, 0.25) is 0 Å². The number of carbonyl (C=O) groups is 2. The van der Waals surface area contributed by atoms with Crippen molar-refractivity contribution in [2.45, 2.75) is 26.8 Å². The van der Waals surface area contributed by atoms with Crippen molar-refractivity contribution in [1.29, 1.82) is 0 Å². The number of rotatable bonds is 5. The maximum Gasteiger partial charge on any atom is 0.323 e. The minimum absolute atomic E-state index is 0.0114. The third kappa shape index (κ3) is 4.23. The standard InChI is InChI=1S/C9H17NO4/c1-5(2)7(10)9(13)14-4-6(3)8(11)12/h5-7H,4,10H2,1-3H3,(H,11,12)/t6?,7-/m0/s1. The van der Waals surface area contributed by atoms with Crippen LogP contribution in [0.15, 0.2) is 0 Å². The summed E-state index contributed by atoms with van der Waals surface area (Å²) in [7, 11) is 0. The van der Waals surface area contributed by atoms with Gasteiger partial charge in [-0.05, 0) is 12.8 Å². The molecule has 0 heterocycles. The molecule has 0 aromatic rings. The Hall–Kier alpha value is -1.10. The second kappa shape index (κ2) is 5.59. The summed E-state index contributed by atoms with van der Waals surface area (Å²) in [6.45, 7) is 4.93. The molecule has 5 heteroatoms. The molecule has 0 fully saturated rings. The lowest BCUT2D eigenvalue weighted by Crippen LogP contribution is -2.38. The fraction of sp³-hybridized carbons (Fsp3) is 0.778. The number of carboxylic acids is 1. The predicted molar refractivity (Wildman–Crippen MR) is 50.6 cm³/mol. The summed E-state index contributed by atoms with van der Waals surface area (Å²) in [6, 6.07) is -0.684. The van der Waals surface area contributed by atoms with E-state index in [0.29, 0.717) is 0 Å². The molecule has 0 amide bonds. The first-order chi connectivity index (χ1) is 6.36. The van der Waals surface area contributed by atoms with Gasteiger partial charge < -0.3 is 15.6 Å². The van der Waals surface area contributed by atoms with Crippen molar-refractivity contribution in [2.75, 3.05) is 6.61 Å². The average molecular weight is 203 g/mol. The van der Waals surface area contributed by atoms with Crippen LogP contribution in [0, 0.1) is 11.8 Å². The van der Waals surface area contributed by atoms with Crippen LogP contribution in [0.5, 0.6) is 0 Å². The zero-order chi connectivity index (χ0) is 11.3. The number of carbonyl (C=O) groups excluding carboxylic acids is 1. The molecule has 0 bridgehead atoms. The minimum Gasteiger partial charge on any atom is -0.481 e. The summed E-state index contributed by atoms with van der Waals surface area (Å²) in [5.41, 5.74) is 5.50. The van der Waals surface area contributed by atoms with Gasteiger partial charge in [0.05, 0.1) is 5.92 Å². The van der Waals surface area contributed by atoms with Crippen LogP contribution < -0.4 is 5.73 Å². The molecule has 14 heavy (non-hydrogen) atoms. The highest BCUT2D eigenvalue weighted by molar-refractivity contribution is 5.76. The summed E-state index contributed by atoms with van der Waals surface area (Å²) >= 11 is 0. The molecule has 0 spiro atoms. The Balaban J connectivity index is 3.91. The van der Waals surface area contributed by atoms with Crippen molar-refractivity contribution in [3.05, 3.63) is 0 Å². The lowest BCUT2D eigenvalue weighted by atomic mass is 10.1. The van der Waals surface area contributed by atoms with Crippen molar-refractivity contribution in [3.8, 4) is 0 Å². The topological polar surface area (TPSA) is 89.6 Å². The fourth-order valence-corrected chi connectivity index (χ4v) is 0.647. The first kappa shape index (κ1) is 12.9. The molecule has 0 aliphatic rings. The molecule has 0 aliphatic heterocycles.